The van der Waals surface area contributed by atoms with Crippen molar-refractivity contribution >= 4 is 45.4 Å². The Morgan fingerprint density at radius 1 is 0.973 bits per heavy atom. The summed E-state index contributed by atoms with van der Waals surface area (Å²) in [6, 6.07) is 29.3. The van der Waals surface area contributed by atoms with Crippen molar-refractivity contribution in [2.45, 2.75) is 12.5 Å². The van der Waals surface area contributed by atoms with E-state index < -0.39 is 0 Å². The van der Waals surface area contributed by atoms with E-state index >= 15 is 0 Å². The van der Waals surface area contributed by atoms with Gasteiger partial charge in [0.05, 0.1) is 23.8 Å². The number of hydrogen-bond donors (Lipinski definition) is 1. The van der Waals surface area contributed by atoms with Gasteiger partial charge in [-0.2, -0.15) is 10.1 Å². The highest BCUT2D eigenvalue weighted by Gasteiger charge is 2.37. The molecule has 0 bridgehead atoms. The van der Waals surface area contributed by atoms with E-state index in [1.807, 2.05) is 47.5 Å². The summed E-state index contributed by atoms with van der Waals surface area (Å²) in [5.74, 6) is 1.50. The van der Waals surface area contributed by atoms with Crippen molar-refractivity contribution < 1.29 is 14.6 Å². The number of thioether (sulfide) groups is 1. The molecule has 2 heterocycles. The van der Waals surface area contributed by atoms with Crippen molar-refractivity contribution in [1.82, 2.24) is 5.01 Å². The molecule has 0 saturated heterocycles. The molecule has 2 aliphatic heterocycles. The maximum atomic E-state index is 12.5. The van der Waals surface area contributed by atoms with Crippen molar-refractivity contribution in [2.24, 2.45) is 10.1 Å². The number of phenolic OH excluding ortho intramolecular Hbond substituents is 1. The highest BCUT2D eigenvalue weighted by atomic mass is 32.2. The Morgan fingerprint density at radius 3 is 2.49 bits per heavy atom. The summed E-state index contributed by atoms with van der Waals surface area (Å²) >= 11 is 1.09. The summed E-state index contributed by atoms with van der Waals surface area (Å²) in [6.07, 6.45) is 2.57. The third-order valence-electron chi connectivity index (χ3n) is 6.52. The summed E-state index contributed by atoms with van der Waals surface area (Å²) < 4.78 is 5.35. The molecular formula is C30H23N3O3S. The summed E-state index contributed by atoms with van der Waals surface area (Å²) in [7, 11) is 1.65. The second-order valence-electron chi connectivity index (χ2n) is 8.85. The van der Waals surface area contributed by atoms with Gasteiger partial charge >= 0.3 is 5.24 Å². The number of phenols is 1. The average Bonchev–Trinajstić information content (AvgIpc) is 3.53. The second kappa shape index (κ2) is 9.59. The third kappa shape index (κ3) is 4.61. The number of nitrogens with zero attached hydrogens (tertiary/aromatic N) is 3. The number of aromatic hydroxyl groups is 1. The zero-order chi connectivity index (χ0) is 25.4. The van der Waals surface area contributed by atoms with Gasteiger partial charge in [-0.1, -0.05) is 60.7 Å². The number of carbonyl (C=O) groups is 1. The van der Waals surface area contributed by atoms with Gasteiger partial charge in [-0.25, -0.2) is 5.01 Å². The standard InChI is InChI=1S/C30H23N3O3S/c1-36-25-14-10-21(11-15-25)27-18-26(23-9-8-20-4-2-3-5-22(20)17-23)32-33(27)29-28(37-30(35)31-29)16-19-6-12-24(34)13-7-19/h2-17,27,34H,18H2,1H3/b28-16-. The second-order valence-corrected chi connectivity index (χ2v) is 9.84. The molecule has 4 aromatic carbocycles. The molecule has 1 unspecified atom stereocenters. The monoisotopic (exact) mass is 505 g/mol. The van der Waals surface area contributed by atoms with Crippen LogP contribution in [0.5, 0.6) is 11.5 Å². The first-order chi connectivity index (χ1) is 18.1. The van der Waals surface area contributed by atoms with Crippen LogP contribution < -0.4 is 4.74 Å². The summed E-state index contributed by atoms with van der Waals surface area (Å²) in [6.45, 7) is 0. The van der Waals surface area contributed by atoms with Gasteiger partial charge in [-0.3, -0.25) is 4.79 Å². The van der Waals surface area contributed by atoms with Gasteiger partial charge in [-0.15, -0.1) is 0 Å². The Balaban J connectivity index is 1.42. The Morgan fingerprint density at radius 2 is 1.73 bits per heavy atom. The lowest BCUT2D eigenvalue weighted by Gasteiger charge is -2.24. The molecular weight excluding hydrogens is 482 g/mol. The number of amides is 1. The van der Waals surface area contributed by atoms with E-state index in [2.05, 4.69) is 35.3 Å². The SMILES string of the molecule is COc1ccc(C2CC(c3ccc4ccccc4c3)=NN2C2=NC(=O)S/C2=C\c2ccc(O)cc2)cc1. The minimum atomic E-state index is -0.275. The van der Waals surface area contributed by atoms with Crippen LogP contribution >= 0.6 is 11.8 Å². The maximum absolute atomic E-state index is 12.5. The minimum absolute atomic E-state index is 0.138. The molecule has 37 heavy (non-hydrogen) atoms. The van der Waals surface area contributed by atoms with Crippen molar-refractivity contribution in [3.05, 3.63) is 113 Å². The highest BCUT2D eigenvalue weighted by molar-refractivity contribution is 8.18. The Hall–Kier alpha value is -4.36. The smallest absolute Gasteiger partial charge is 0.311 e. The molecule has 0 radical (unpaired) electrons. The van der Waals surface area contributed by atoms with Gasteiger partial charge in [0.15, 0.2) is 5.84 Å². The van der Waals surface area contributed by atoms with Gasteiger partial charge in [0.1, 0.15) is 11.5 Å². The Kier molecular flexibility index (Phi) is 5.98. The number of amidine groups is 1. The lowest BCUT2D eigenvalue weighted by atomic mass is 9.97. The fourth-order valence-corrected chi connectivity index (χ4v) is 5.36. The lowest BCUT2D eigenvalue weighted by Crippen LogP contribution is -2.26. The van der Waals surface area contributed by atoms with Gasteiger partial charge in [0.2, 0.25) is 0 Å². The van der Waals surface area contributed by atoms with Crippen LogP contribution in [0.3, 0.4) is 0 Å². The lowest BCUT2D eigenvalue weighted by molar-refractivity contribution is 0.267. The van der Waals surface area contributed by atoms with Crippen LogP contribution in [-0.2, 0) is 0 Å². The number of rotatable bonds is 4. The average molecular weight is 506 g/mol. The van der Waals surface area contributed by atoms with E-state index in [9.17, 15) is 9.90 Å². The molecule has 6 rings (SSSR count). The van der Waals surface area contributed by atoms with Gasteiger partial charge < -0.3 is 9.84 Å². The van der Waals surface area contributed by atoms with Crippen LogP contribution in [-0.4, -0.2) is 34.0 Å². The Bertz CT molecular complexity index is 1590. The molecule has 1 amide bonds. The number of aliphatic imine (C=N–C) groups is 1. The number of benzene rings is 4. The molecule has 0 spiro atoms. The normalized spacial score (nSPS) is 18.4. The number of hydrogen-bond acceptors (Lipinski definition) is 6. The van der Waals surface area contributed by atoms with Gasteiger partial charge in [-0.05, 0) is 75.6 Å². The topological polar surface area (TPSA) is 74.5 Å². The first-order valence-corrected chi connectivity index (χ1v) is 12.7. The molecule has 0 fully saturated rings. The van der Waals surface area contributed by atoms with E-state index in [-0.39, 0.29) is 17.0 Å². The van der Waals surface area contributed by atoms with Crippen LogP contribution in [0.1, 0.15) is 29.2 Å². The molecule has 182 valence electrons. The zero-order valence-electron chi connectivity index (χ0n) is 20.0. The molecule has 1 N–H and O–H groups in total. The van der Waals surface area contributed by atoms with Crippen molar-refractivity contribution in [1.29, 1.82) is 0 Å². The van der Waals surface area contributed by atoms with Crippen LogP contribution in [0.25, 0.3) is 16.8 Å². The first-order valence-electron chi connectivity index (χ1n) is 11.9. The zero-order valence-corrected chi connectivity index (χ0v) is 20.9. The summed E-state index contributed by atoms with van der Waals surface area (Å²) in [5, 5.41) is 18.6. The van der Waals surface area contributed by atoms with E-state index in [0.717, 1.165) is 50.2 Å². The fraction of sp³-hybridized carbons (Fsp3) is 0.100. The molecule has 7 heteroatoms. The maximum Gasteiger partial charge on any atom is 0.311 e. The minimum Gasteiger partial charge on any atom is -0.508 e. The quantitative estimate of drug-likeness (QED) is 0.323. The summed E-state index contributed by atoms with van der Waals surface area (Å²) in [4.78, 5) is 17.6. The molecule has 0 aliphatic carbocycles. The third-order valence-corrected chi connectivity index (χ3v) is 7.30. The number of fused-ring (bicyclic) bond motifs is 1. The molecule has 4 aromatic rings. The predicted molar refractivity (Wildman–Crippen MR) is 149 cm³/mol. The van der Waals surface area contributed by atoms with Crippen LogP contribution in [0.15, 0.2) is 106 Å². The molecule has 6 nitrogen and oxygen atoms in total. The van der Waals surface area contributed by atoms with E-state index in [4.69, 9.17) is 9.84 Å². The first kappa shape index (κ1) is 23.1. The predicted octanol–water partition coefficient (Wildman–Crippen LogP) is 7.01. The van der Waals surface area contributed by atoms with Crippen LogP contribution in [0.2, 0.25) is 0 Å². The molecule has 0 aromatic heterocycles. The van der Waals surface area contributed by atoms with Crippen LogP contribution in [0.4, 0.5) is 4.79 Å². The summed E-state index contributed by atoms with van der Waals surface area (Å²) in [5.41, 5.74) is 3.89. The number of ether oxygens (including phenoxy) is 1. The van der Waals surface area contributed by atoms with E-state index in [0.29, 0.717) is 12.3 Å². The fourth-order valence-electron chi connectivity index (χ4n) is 4.62. The van der Waals surface area contributed by atoms with E-state index in [1.54, 1.807) is 31.4 Å². The largest absolute Gasteiger partial charge is 0.508 e. The molecule has 2 aliphatic rings. The molecule has 0 saturated carbocycles. The van der Waals surface area contributed by atoms with Crippen molar-refractivity contribution in [2.75, 3.05) is 7.11 Å². The number of carbonyl (C=O) groups excluding carboxylic acids is 1. The van der Waals surface area contributed by atoms with Gasteiger partial charge in [0.25, 0.3) is 0 Å². The highest BCUT2D eigenvalue weighted by Crippen LogP contribution is 2.40. The van der Waals surface area contributed by atoms with Gasteiger partial charge in [0, 0.05) is 6.42 Å². The number of hydrazone groups is 1. The van der Waals surface area contributed by atoms with Crippen LogP contribution in [0, 0.1) is 0 Å². The van der Waals surface area contributed by atoms with E-state index in [1.165, 1.54) is 5.39 Å². The Labute approximate surface area is 218 Å². The van der Waals surface area contributed by atoms with Crippen molar-refractivity contribution in [3.8, 4) is 11.5 Å². The molecule has 1 atom stereocenters. The number of methoxy groups -OCH3 is 1. The van der Waals surface area contributed by atoms with Crippen molar-refractivity contribution in [3.63, 3.8) is 0 Å².